The van der Waals surface area contributed by atoms with Crippen molar-refractivity contribution in [2.75, 3.05) is 6.61 Å². The highest BCUT2D eigenvalue weighted by molar-refractivity contribution is 5.89. The molecular weight excluding hydrogens is 440 g/mol. The highest BCUT2D eigenvalue weighted by Gasteiger charge is 2.16. The van der Waals surface area contributed by atoms with Crippen LogP contribution in [-0.4, -0.2) is 28.8 Å². The van der Waals surface area contributed by atoms with Gasteiger partial charge >= 0.3 is 11.9 Å². The molecule has 0 amide bonds. The van der Waals surface area contributed by atoms with Crippen LogP contribution in [0.4, 0.5) is 0 Å². The number of hydrogen-bond acceptors (Lipinski definition) is 3. The highest BCUT2D eigenvalue weighted by Crippen LogP contribution is 2.23. The molecule has 3 aromatic rings. The van der Waals surface area contributed by atoms with Gasteiger partial charge in [0.25, 0.3) is 0 Å². The van der Waals surface area contributed by atoms with Gasteiger partial charge in [0, 0.05) is 5.56 Å². The van der Waals surface area contributed by atoms with Crippen molar-refractivity contribution in [2.24, 2.45) is 5.92 Å². The van der Waals surface area contributed by atoms with Gasteiger partial charge in [0.1, 0.15) is 5.75 Å². The molecule has 35 heavy (non-hydrogen) atoms. The molecule has 0 radical (unpaired) electrons. The minimum Gasteiger partial charge on any atom is -0.493 e. The Kier molecular flexibility index (Phi) is 10.1. The fourth-order valence-electron chi connectivity index (χ4n) is 4.05. The Morgan fingerprint density at radius 2 is 1.54 bits per heavy atom. The molecular formula is C30H32O5. The summed E-state index contributed by atoms with van der Waals surface area (Å²) in [6, 6.07) is 24.9. The van der Waals surface area contributed by atoms with Gasteiger partial charge in [-0.15, -0.1) is 0 Å². The fourth-order valence-corrected chi connectivity index (χ4v) is 4.05. The van der Waals surface area contributed by atoms with Crippen molar-refractivity contribution in [3.8, 4) is 5.75 Å². The molecule has 0 spiro atoms. The number of aliphatic carboxylic acids is 1. The number of benzene rings is 3. The monoisotopic (exact) mass is 472 g/mol. The summed E-state index contributed by atoms with van der Waals surface area (Å²) in [5, 5.41) is 18.8. The predicted molar refractivity (Wildman–Crippen MR) is 138 cm³/mol. The van der Waals surface area contributed by atoms with E-state index in [1.165, 1.54) is 5.56 Å². The Morgan fingerprint density at radius 3 is 2.31 bits per heavy atom. The molecule has 0 aliphatic carbocycles. The van der Waals surface area contributed by atoms with Crippen LogP contribution in [0.25, 0.3) is 6.08 Å². The van der Waals surface area contributed by atoms with Gasteiger partial charge in [-0.2, -0.15) is 0 Å². The topological polar surface area (TPSA) is 83.8 Å². The molecule has 0 fully saturated rings. The summed E-state index contributed by atoms with van der Waals surface area (Å²) in [6.07, 6.45) is 8.18. The summed E-state index contributed by atoms with van der Waals surface area (Å²) < 4.78 is 6.03. The molecule has 0 aliphatic rings. The van der Waals surface area contributed by atoms with Crippen molar-refractivity contribution < 1.29 is 24.5 Å². The molecule has 182 valence electrons. The van der Waals surface area contributed by atoms with E-state index in [4.69, 9.17) is 4.74 Å². The lowest BCUT2D eigenvalue weighted by Gasteiger charge is -2.13. The van der Waals surface area contributed by atoms with Crippen LogP contribution in [0.2, 0.25) is 0 Å². The van der Waals surface area contributed by atoms with Crippen LogP contribution >= 0.6 is 0 Å². The van der Waals surface area contributed by atoms with E-state index in [0.717, 1.165) is 37.0 Å². The number of para-hydroxylation sites is 1. The third-order valence-corrected chi connectivity index (χ3v) is 5.84. The number of unbranched alkanes of at least 4 members (excludes halogenated alkanes) is 2. The average molecular weight is 473 g/mol. The second kappa shape index (κ2) is 13.8. The molecule has 0 aliphatic heterocycles. The first-order valence-electron chi connectivity index (χ1n) is 12.0. The van der Waals surface area contributed by atoms with Gasteiger partial charge in [0.05, 0.1) is 18.6 Å². The van der Waals surface area contributed by atoms with Crippen LogP contribution in [0.15, 0.2) is 84.9 Å². The number of hydrogen-bond donors (Lipinski definition) is 2. The lowest BCUT2D eigenvalue weighted by molar-refractivity contribution is -0.137. The Morgan fingerprint density at radius 1 is 0.829 bits per heavy atom. The van der Waals surface area contributed by atoms with Gasteiger partial charge in [-0.3, -0.25) is 4.79 Å². The molecule has 3 aromatic carbocycles. The van der Waals surface area contributed by atoms with Crippen LogP contribution < -0.4 is 4.74 Å². The Bertz CT molecular complexity index is 1120. The summed E-state index contributed by atoms with van der Waals surface area (Å²) in [6.45, 7) is 0.615. The molecule has 0 heterocycles. The van der Waals surface area contributed by atoms with Crippen molar-refractivity contribution in [3.63, 3.8) is 0 Å². The second-order valence-electron chi connectivity index (χ2n) is 8.57. The van der Waals surface area contributed by atoms with Crippen molar-refractivity contribution in [1.82, 2.24) is 0 Å². The first-order chi connectivity index (χ1) is 17.0. The van der Waals surface area contributed by atoms with E-state index < -0.39 is 11.9 Å². The van der Waals surface area contributed by atoms with Gasteiger partial charge in [0.2, 0.25) is 0 Å². The number of carboxylic acids is 2. The molecule has 0 bridgehead atoms. The summed E-state index contributed by atoms with van der Waals surface area (Å²) in [5.41, 5.74) is 3.05. The van der Waals surface area contributed by atoms with Crippen molar-refractivity contribution in [3.05, 3.63) is 107 Å². The number of carboxylic acid groups (broad SMARTS) is 2. The standard InChI is InChI=1S/C30H32O5/c31-29(32)22-24(21-26-15-6-8-16-27(26)30(33)34)18-19-25-14-7-9-17-28(25)35-20-10-2-5-13-23-11-3-1-4-12-23/h1,3-4,6-9,11-12,14-19,24H,2,5,10,13,20-22H2,(H,31,32)(H,33,34)/b19-18+. The van der Waals surface area contributed by atoms with E-state index in [1.807, 2.05) is 42.5 Å². The number of aryl methyl sites for hydroxylation is 1. The zero-order valence-electron chi connectivity index (χ0n) is 19.8. The summed E-state index contributed by atoms with van der Waals surface area (Å²) >= 11 is 0. The van der Waals surface area contributed by atoms with Crippen LogP contribution in [-0.2, 0) is 17.6 Å². The van der Waals surface area contributed by atoms with E-state index in [9.17, 15) is 19.8 Å². The van der Waals surface area contributed by atoms with E-state index in [1.54, 1.807) is 24.3 Å². The van der Waals surface area contributed by atoms with Crippen molar-refractivity contribution in [2.45, 2.75) is 38.5 Å². The number of carbonyl (C=O) groups is 2. The highest BCUT2D eigenvalue weighted by atomic mass is 16.5. The Balaban J connectivity index is 1.58. The van der Waals surface area contributed by atoms with Crippen molar-refractivity contribution >= 4 is 18.0 Å². The molecule has 0 aromatic heterocycles. The number of ether oxygens (including phenoxy) is 1. The summed E-state index contributed by atoms with van der Waals surface area (Å²) in [5.74, 6) is -1.53. The van der Waals surface area contributed by atoms with E-state index in [2.05, 4.69) is 24.3 Å². The summed E-state index contributed by atoms with van der Waals surface area (Å²) in [4.78, 5) is 23.0. The Hall–Kier alpha value is -3.86. The lowest BCUT2D eigenvalue weighted by atomic mass is 9.92. The third kappa shape index (κ3) is 8.78. The van der Waals surface area contributed by atoms with Gasteiger partial charge < -0.3 is 14.9 Å². The van der Waals surface area contributed by atoms with Crippen LogP contribution in [0.3, 0.4) is 0 Å². The zero-order valence-corrected chi connectivity index (χ0v) is 19.8. The maximum Gasteiger partial charge on any atom is 0.335 e. The minimum atomic E-state index is -1.01. The molecule has 2 N–H and O–H groups in total. The number of rotatable bonds is 14. The van der Waals surface area contributed by atoms with Gasteiger partial charge in [-0.25, -0.2) is 4.79 Å². The molecule has 5 nitrogen and oxygen atoms in total. The SMILES string of the molecule is O=C(O)CC(/C=C/c1ccccc1OCCCCCc1ccccc1)Cc1ccccc1C(=O)O. The van der Waals surface area contributed by atoms with Gasteiger partial charge in [-0.05, 0) is 61.3 Å². The maximum atomic E-state index is 11.5. The molecule has 0 saturated carbocycles. The van der Waals surface area contributed by atoms with E-state index in [0.29, 0.717) is 18.6 Å². The molecule has 0 saturated heterocycles. The van der Waals surface area contributed by atoms with E-state index >= 15 is 0 Å². The van der Waals surface area contributed by atoms with Crippen LogP contribution in [0, 0.1) is 5.92 Å². The van der Waals surface area contributed by atoms with E-state index in [-0.39, 0.29) is 17.9 Å². The molecule has 1 atom stereocenters. The lowest BCUT2D eigenvalue weighted by Crippen LogP contribution is -2.11. The van der Waals surface area contributed by atoms with Gasteiger partial charge in [-0.1, -0.05) is 78.9 Å². The fraction of sp³-hybridized carbons (Fsp3) is 0.267. The van der Waals surface area contributed by atoms with Gasteiger partial charge in [0.15, 0.2) is 0 Å². The quantitative estimate of drug-likeness (QED) is 0.261. The smallest absolute Gasteiger partial charge is 0.335 e. The second-order valence-corrected chi connectivity index (χ2v) is 8.57. The average Bonchev–Trinajstić information content (AvgIpc) is 2.86. The molecule has 5 heteroatoms. The maximum absolute atomic E-state index is 11.5. The normalized spacial score (nSPS) is 11.9. The number of aromatic carboxylic acids is 1. The van der Waals surface area contributed by atoms with Crippen LogP contribution in [0.5, 0.6) is 5.75 Å². The minimum absolute atomic E-state index is 0.0884. The largest absolute Gasteiger partial charge is 0.493 e. The summed E-state index contributed by atoms with van der Waals surface area (Å²) in [7, 11) is 0. The number of allylic oxidation sites excluding steroid dienone is 1. The first kappa shape index (κ1) is 25.8. The van der Waals surface area contributed by atoms with Crippen molar-refractivity contribution in [1.29, 1.82) is 0 Å². The molecule has 1 unspecified atom stereocenters. The van der Waals surface area contributed by atoms with Crippen LogP contribution in [0.1, 0.15) is 52.7 Å². The molecule has 3 rings (SSSR count). The first-order valence-corrected chi connectivity index (χ1v) is 12.0. The third-order valence-electron chi connectivity index (χ3n) is 5.84. The zero-order chi connectivity index (χ0) is 24.9. The Labute approximate surface area is 206 Å². The predicted octanol–water partition coefficient (Wildman–Crippen LogP) is 6.52.